The third-order valence-corrected chi connectivity index (χ3v) is 5.36. The molecule has 1 atom stereocenters. The van der Waals surface area contributed by atoms with Gasteiger partial charge in [-0.2, -0.15) is 0 Å². The molecule has 1 amide bonds. The molecule has 1 unspecified atom stereocenters. The van der Waals surface area contributed by atoms with Crippen molar-refractivity contribution in [3.8, 4) is 5.75 Å². The molecule has 5 nitrogen and oxygen atoms in total. The van der Waals surface area contributed by atoms with Gasteiger partial charge in [0.1, 0.15) is 17.4 Å². The van der Waals surface area contributed by atoms with E-state index in [9.17, 15) is 4.79 Å². The van der Waals surface area contributed by atoms with Crippen LogP contribution in [-0.4, -0.2) is 23.0 Å². The molecular formula is C18H26Cl3N3O2S. The fourth-order valence-electron chi connectivity index (χ4n) is 2.13. The highest BCUT2D eigenvalue weighted by atomic mass is 35.5. The lowest BCUT2D eigenvalue weighted by Gasteiger charge is -2.33. The average Bonchev–Trinajstić information content (AvgIpc) is 3.01. The average molecular weight is 455 g/mol. The standard InChI is InChI=1S/C18H24ClN3O2S.2ClH/c1-12(2)18(3,11-20)22-16(23)8-14-10-25-17(21-14)9-24-15-6-4-13(19)5-7-15;;/h4-7,10,12H,8-9,11,20H2,1-3H3,(H,22,23);2*1H. The fourth-order valence-corrected chi connectivity index (χ4v) is 2.96. The topological polar surface area (TPSA) is 77.2 Å². The zero-order chi connectivity index (χ0) is 18.4. The summed E-state index contributed by atoms with van der Waals surface area (Å²) in [7, 11) is 0. The summed E-state index contributed by atoms with van der Waals surface area (Å²) in [5.74, 6) is 0.909. The number of hydrogen-bond donors (Lipinski definition) is 2. The van der Waals surface area contributed by atoms with Gasteiger partial charge in [-0.1, -0.05) is 25.4 Å². The van der Waals surface area contributed by atoms with E-state index in [1.807, 2.05) is 38.3 Å². The number of aromatic nitrogens is 1. The summed E-state index contributed by atoms with van der Waals surface area (Å²) in [6, 6.07) is 7.17. The van der Waals surface area contributed by atoms with E-state index >= 15 is 0 Å². The van der Waals surface area contributed by atoms with Gasteiger partial charge in [0.15, 0.2) is 0 Å². The fraction of sp³-hybridized carbons (Fsp3) is 0.444. The predicted octanol–water partition coefficient (Wildman–Crippen LogP) is 4.25. The molecule has 2 rings (SSSR count). The first-order valence-corrected chi connectivity index (χ1v) is 9.41. The number of ether oxygens (including phenoxy) is 1. The van der Waals surface area contributed by atoms with Gasteiger partial charge in [0.25, 0.3) is 0 Å². The van der Waals surface area contributed by atoms with Gasteiger partial charge in [-0.25, -0.2) is 4.98 Å². The number of thiazole rings is 1. The van der Waals surface area contributed by atoms with Crippen LogP contribution in [0.15, 0.2) is 29.6 Å². The minimum Gasteiger partial charge on any atom is -0.486 e. The van der Waals surface area contributed by atoms with E-state index in [2.05, 4.69) is 10.3 Å². The number of hydrogen-bond acceptors (Lipinski definition) is 5. The number of rotatable bonds is 8. The Bertz CT molecular complexity index is 710. The lowest BCUT2D eigenvalue weighted by atomic mass is 9.88. The van der Waals surface area contributed by atoms with E-state index in [0.717, 1.165) is 16.5 Å². The number of nitrogens with zero attached hydrogens (tertiary/aromatic N) is 1. The third-order valence-electron chi connectivity index (χ3n) is 4.24. The molecule has 152 valence electrons. The summed E-state index contributed by atoms with van der Waals surface area (Å²) in [5, 5.41) is 6.39. The highest BCUT2D eigenvalue weighted by molar-refractivity contribution is 7.09. The molecule has 0 fully saturated rings. The molecule has 9 heteroatoms. The number of carbonyl (C=O) groups is 1. The molecule has 3 N–H and O–H groups in total. The number of carbonyl (C=O) groups excluding carboxylic acids is 1. The van der Waals surface area contributed by atoms with Crippen LogP contribution in [0.25, 0.3) is 0 Å². The van der Waals surface area contributed by atoms with Crippen molar-refractivity contribution in [2.45, 2.75) is 39.3 Å². The highest BCUT2D eigenvalue weighted by Crippen LogP contribution is 2.19. The molecule has 0 aliphatic rings. The van der Waals surface area contributed by atoms with Gasteiger partial charge >= 0.3 is 0 Å². The Kier molecular flexibility index (Phi) is 11.3. The first-order chi connectivity index (χ1) is 11.8. The van der Waals surface area contributed by atoms with Crippen LogP contribution in [0.1, 0.15) is 31.5 Å². The predicted molar refractivity (Wildman–Crippen MR) is 117 cm³/mol. The summed E-state index contributed by atoms with van der Waals surface area (Å²) in [5.41, 5.74) is 6.13. The second kappa shape index (κ2) is 11.7. The van der Waals surface area contributed by atoms with Crippen LogP contribution >= 0.6 is 47.8 Å². The summed E-state index contributed by atoms with van der Waals surface area (Å²) < 4.78 is 5.67. The first kappa shape index (κ1) is 26.0. The minimum absolute atomic E-state index is 0. The summed E-state index contributed by atoms with van der Waals surface area (Å²) >= 11 is 7.32. The van der Waals surface area contributed by atoms with Crippen LogP contribution in [0.4, 0.5) is 0 Å². The normalized spacial score (nSPS) is 12.5. The maximum Gasteiger partial charge on any atom is 0.226 e. The van der Waals surface area contributed by atoms with Crippen molar-refractivity contribution in [3.63, 3.8) is 0 Å². The Morgan fingerprint density at radius 1 is 1.33 bits per heavy atom. The molecule has 0 aliphatic heterocycles. The van der Waals surface area contributed by atoms with Crippen LogP contribution in [0.5, 0.6) is 5.75 Å². The zero-order valence-electron chi connectivity index (χ0n) is 15.5. The van der Waals surface area contributed by atoms with Gasteiger partial charge in [0.05, 0.1) is 17.7 Å². The maximum atomic E-state index is 12.3. The Labute approximate surface area is 181 Å². The van der Waals surface area contributed by atoms with E-state index in [1.165, 1.54) is 11.3 Å². The molecule has 1 aromatic carbocycles. The van der Waals surface area contributed by atoms with Crippen molar-refractivity contribution in [1.82, 2.24) is 10.3 Å². The number of nitrogens with two attached hydrogens (primary N) is 1. The van der Waals surface area contributed by atoms with E-state index in [-0.39, 0.29) is 43.1 Å². The molecule has 0 aliphatic carbocycles. The molecule has 1 aromatic heterocycles. The van der Waals surface area contributed by atoms with Crippen molar-refractivity contribution in [2.24, 2.45) is 11.7 Å². The van der Waals surface area contributed by atoms with Crippen molar-refractivity contribution >= 4 is 53.7 Å². The Morgan fingerprint density at radius 2 is 1.96 bits per heavy atom. The second-order valence-corrected chi connectivity index (χ2v) is 7.86. The molecule has 0 radical (unpaired) electrons. The van der Waals surface area contributed by atoms with Gasteiger partial charge < -0.3 is 15.8 Å². The number of benzene rings is 1. The van der Waals surface area contributed by atoms with Gasteiger partial charge in [-0.15, -0.1) is 36.2 Å². The largest absolute Gasteiger partial charge is 0.486 e. The quantitative estimate of drug-likeness (QED) is 0.625. The van der Waals surface area contributed by atoms with Crippen molar-refractivity contribution in [3.05, 3.63) is 45.4 Å². The molecule has 0 spiro atoms. The van der Waals surface area contributed by atoms with Gasteiger partial charge in [0.2, 0.25) is 5.91 Å². The molecule has 27 heavy (non-hydrogen) atoms. The van der Waals surface area contributed by atoms with Crippen LogP contribution in [0.3, 0.4) is 0 Å². The van der Waals surface area contributed by atoms with Crippen LogP contribution < -0.4 is 15.8 Å². The number of nitrogens with one attached hydrogen (secondary N) is 1. The summed E-state index contributed by atoms with van der Waals surface area (Å²) in [6.07, 6.45) is 0.236. The summed E-state index contributed by atoms with van der Waals surface area (Å²) in [6.45, 7) is 6.81. The second-order valence-electron chi connectivity index (χ2n) is 6.48. The SMILES string of the molecule is CC(C)C(C)(CN)NC(=O)Cc1csc(COc2ccc(Cl)cc2)n1.Cl.Cl. The van der Waals surface area contributed by atoms with E-state index in [0.29, 0.717) is 18.2 Å². The third kappa shape index (κ3) is 7.84. The Balaban J connectivity index is 0.00000338. The molecule has 1 heterocycles. The van der Waals surface area contributed by atoms with Gasteiger partial charge in [0, 0.05) is 16.9 Å². The number of amides is 1. The lowest BCUT2D eigenvalue weighted by Crippen LogP contribution is -2.55. The zero-order valence-corrected chi connectivity index (χ0v) is 18.7. The highest BCUT2D eigenvalue weighted by Gasteiger charge is 2.28. The van der Waals surface area contributed by atoms with Crippen LogP contribution in [-0.2, 0) is 17.8 Å². The maximum absolute atomic E-state index is 12.3. The molecular weight excluding hydrogens is 429 g/mol. The monoisotopic (exact) mass is 453 g/mol. The lowest BCUT2D eigenvalue weighted by molar-refractivity contribution is -0.122. The first-order valence-electron chi connectivity index (χ1n) is 8.15. The molecule has 0 bridgehead atoms. The van der Waals surface area contributed by atoms with Crippen LogP contribution in [0, 0.1) is 5.92 Å². The molecule has 2 aromatic rings. The van der Waals surface area contributed by atoms with E-state index in [1.54, 1.807) is 12.1 Å². The smallest absolute Gasteiger partial charge is 0.226 e. The van der Waals surface area contributed by atoms with Crippen molar-refractivity contribution < 1.29 is 9.53 Å². The van der Waals surface area contributed by atoms with Crippen molar-refractivity contribution in [1.29, 1.82) is 0 Å². The van der Waals surface area contributed by atoms with E-state index in [4.69, 9.17) is 22.1 Å². The van der Waals surface area contributed by atoms with Gasteiger partial charge in [-0.05, 0) is 37.1 Å². The minimum atomic E-state index is -0.409. The number of halogens is 3. The molecule has 0 saturated heterocycles. The van der Waals surface area contributed by atoms with Gasteiger partial charge in [-0.3, -0.25) is 4.79 Å². The van der Waals surface area contributed by atoms with Crippen LogP contribution in [0.2, 0.25) is 5.02 Å². The van der Waals surface area contributed by atoms with E-state index < -0.39 is 5.54 Å². The van der Waals surface area contributed by atoms with Crippen molar-refractivity contribution in [2.75, 3.05) is 6.54 Å². The Hall–Kier alpha value is -1.05. The Morgan fingerprint density at radius 3 is 2.52 bits per heavy atom. The molecule has 0 saturated carbocycles. The summed E-state index contributed by atoms with van der Waals surface area (Å²) in [4.78, 5) is 16.7.